The van der Waals surface area contributed by atoms with Gasteiger partial charge in [-0.05, 0) is 18.2 Å². The van der Waals surface area contributed by atoms with Crippen molar-refractivity contribution in [3.05, 3.63) is 41.5 Å². The van der Waals surface area contributed by atoms with E-state index in [2.05, 4.69) is 15.5 Å². The van der Waals surface area contributed by atoms with Crippen LogP contribution in [0.4, 0.5) is 0 Å². The van der Waals surface area contributed by atoms with Crippen molar-refractivity contribution in [2.45, 2.75) is 32.7 Å². The molecule has 0 saturated carbocycles. The first-order valence-electron chi connectivity index (χ1n) is 8.39. The molecule has 0 bridgehead atoms. The van der Waals surface area contributed by atoms with Crippen molar-refractivity contribution in [2.24, 2.45) is 0 Å². The zero-order valence-electron chi connectivity index (χ0n) is 15.5. The number of carbonyl (C=O) groups is 2. The molecular formula is C18H24N4O4. The molecule has 8 nitrogen and oxygen atoms in total. The number of hydrogen-bond donors (Lipinski definition) is 1. The molecule has 0 spiro atoms. The van der Waals surface area contributed by atoms with Crippen LogP contribution in [0.3, 0.4) is 0 Å². The highest BCUT2D eigenvalue weighted by Gasteiger charge is 2.15. The van der Waals surface area contributed by atoms with E-state index >= 15 is 0 Å². The number of amides is 2. The van der Waals surface area contributed by atoms with Crippen LogP contribution in [0.15, 0.2) is 28.8 Å². The molecule has 0 fully saturated rings. The number of ether oxygens (including phenoxy) is 1. The molecule has 0 radical (unpaired) electrons. The number of aromatic nitrogens is 2. The Labute approximate surface area is 152 Å². The standard InChI is InChI=1S/C18H24N4O4/c1-12(2)18-20-15(21-26-18)11-22(3)16(23)8-9-19-17(24)13-6-5-7-14(10-13)25-4/h5-7,10,12H,8-9,11H2,1-4H3,(H,19,24). The number of rotatable bonds is 8. The fourth-order valence-corrected chi connectivity index (χ4v) is 2.21. The Kier molecular flexibility index (Phi) is 6.71. The molecule has 2 aromatic rings. The molecule has 0 aliphatic carbocycles. The Morgan fingerprint density at radius 2 is 2.12 bits per heavy atom. The number of nitrogens with zero attached hydrogens (tertiary/aromatic N) is 3. The maximum atomic E-state index is 12.2. The van der Waals surface area contributed by atoms with E-state index in [-0.39, 0.29) is 37.2 Å². The molecule has 140 valence electrons. The third-order valence-electron chi connectivity index (χ3n) is 3.74. The first kappa shape index (κ1) is 19.4. The van der Waals surface area contributed by atoms with Gasteiger partial charge in [0.05, 0.1) is 13.7 Å². The summed E-state index contributed by atoms with van der Waals surface area (Å²) in [6.45, 7) is 4.41. The van der Waals surface area contributed by atoms with Crippen LogP contribution in [0.25, 0.3) is 0 Å². The number of benzene rings is 1. The molecule has 1 heterocycles. The average molecular weight is 360 g/mol. The second-order valence-corrected chi connectivity index (χ2v) is 6.19. The summed E-state index contributed by atoms with van der Waals surface area (Å²) in [5, 5.41) is 6.59. The summed E-state index contributed by atoms with van der Waals surface area (Å²) in [6.07, 6.45) is 0.182. The highest BCUT2D eigenvalue weighted by atomic mass is 16.5. The van der Waals surface area contributed by atoms with Crippen molar-refractivity contribution < 1.29 is 18.8 Å². The largest absolute Gasteiger partial charge is 0.497 e. The number of methoxy groups -OCH3 is 1. The smallest absolute Gasteiger partial charge is 0.251 e. The van der Waals surface area contributed by atoms with E-state index in [9.17, 15) is 9.59 Å². The van der Waals surface area contributed by atoms with Gasteiger partial charge in [-0.15, -0.1) is 0 Å². The number of carbonyl (C=O) groups excluding carboxylic acids is 2. The minimum atomic E-state index is -0.251. The highest BCUT2D eigenvalue weighted by Crippen LogP contribution is 2.13. The van der Waals surface area contributed by atoms with E-state index in [4.69, 9.17) is 9.26 Å². The van der Waals surface area contributed by atoms with Crippen molar-refractivity contribution in [3.63, 3.8) is 0 Å². The number of hydrogen-bond acceptors (Lipinski definition) is 6. The Hall–Kier alpha value is -2.90. The monoisotopic (exact) mass is 360 g/mol. The molecule has 0 saturated heterocycles. The Morgan fingerprint density at radius 1 is 1.35 bits per heavy atom. The van der Waals surface area contributed by atoms with Crippen molar-refractivity contribution in [1.82, 2.24) is 20.4 Å². The zero-order valence-corrected chi connectivity index (χ0v) is 15.5. The highest BCUT2D eigenvalue weighted by molar-refractivity contribution is 5.94. The van der Waals surface area contributed by atoms with Gasteiger partial charge < -0.3 is 19.5 Å². The number of nitrogens with one attached hydrogen (secondary N) is 1. The Bertz CT molecular complexity index is 757. The van der Waals surface area contributed by atoms with Crippen molar-refractivity contribution in [2.75, 3.05) is 20.7 Å². The van der Waals surface area contributed by atoms with Crippen LogP contribution < -0.4 is 10.1 Å². The SMILES string of the molecule is COc1cccc(C(=O)NCCC(=O)N(C)Cc2noc(C(C)C)n2)c1. The molecule has 26 heavy (non-hydrogen) atoms. The molecule has 0 atom stereocenters. The van der Waals surface area contributed by atoms with E-state index in [0.29, 0.717) is 23.0 Å². The fourth-order valence-electron chi connectivity index (χ4n) is 2.21. The van der Waals surface area contributed by atoms with Gasteiger partial charge in [0.1, 0.15) is 5.75 Å². The van der Waals surface area contributed by atoms with Gasteiger partial charge in [-0.1, -0.05) is 25.1 Å². The lowest BCUT2D eigenvalue weighted by Gasteiger charge is -2.15. The maximum absolute atomic E-state index is 12.2. The Balaban J connectivity index is 1.79. The van der Waals surface area contributed by atoms with E-state index in [1.54, 1.807) is 38.4 Å². The third kappa shape index (κ3) is 5.30. The Morgan fingerprint density at radius 3 is 2.77 bits per heavy atom. The molecule has 2 amide bonds. The lowest BCUT2D eigenvalue weighted by Crippen LogP contribution is -2.32. The molecule has 0 unspecified atom stereocenters. The van der Waals surface area contributed by atoms with Crippen molar-refractivity contribution in [3.8, 4) is 5.75 Å². The lowest BCUT2D eigenvalue weighted by atomic mass is 10.2. The van der Waals surface area contributed by atoms with Gasteiger partial charge >= 0.3 is 0 Å². The van der Waals surface area contributed by atoms with Gasteiger partial charge in [-0.3, -0.25) is 9.59 Å². The van der Waals surface area contributed by atoms with Crippen LogP contribution in [0.1, 0.15) is 48.3 Å². The maximum Gasteiger partial charge on any atom is 0.251 e. The first-order chi connectivity index (χ1) is 12.4. The summed E-state index contributed by atoms with van der Waals surface area (Å²) >= 11 is 0. The van der Waals surface area contributed by atoms with Crippen LogP contribution in [0.2, 0.25) is 0 Å². The summed E-state index contributed by atoms with van der Waals surface area (Å²) in [6, 6.07) is 6.83. The zero-order chi connectivity index (χ0) is 19.1. The quantitative estimate of drug-likeness (QED) is 0.773. The molecule has 2 rings (SSSR count). The summed E-state index contributed by atoms with van der Waals surface area (Å²) in [4.78, 5) is 30.0. The van der Waals surface area contributed by atoms with Gasteiger partial charge in [0.2, 0.25) is 11.8 Å². The molecule has 1 aromatic carbocycles. The van der Waals surface area contributed by atoms with Gasteiger partial charge in [0.25, 0.3) is 5.91 Å². The molecule has 1 aromatic heterocycles. The van der Waals surface area contributed by atoms with Crippen molar-refractivity contribution >= 4 is 11.8 Å². The molecule has 8 heteroatoms. The molecule has 1 N–H and O–H groups in total. The molecule has 0 aliphatic heterocycles. The van der Waals surface area contributed by atoms with Gasteiger partial charge in [0.15, 0.2) is 5.82 Å². The topological polar surface area (TPSA) is 97.6 Å². The lowest BCUT2D eigenvalue weighted by molar-refractivity contribution is -0.130. The normalized spacial score (nSPS) is 10.7. The summed E-state index contributed by atoms with van der Waals surface area (Å²) in [5.41, 5.74) is 0.484. The van der Waals surface area contributed by atoms with E-state index < -0.39 is 0 Å². The van der Waals surface area contributed by atoms with Crippen LogP contribution in [-0.2, 0) is 11.3 Å². The predicted molar refractivity (Wildman–Crippen MR) is 94.8 cm³/mol. The second kappa shape index (κ2) is 8.98. The van der Waals surface area contributed by atoms with Crippen LogP contribution in [0, 0.1) is 0 Å². The van der Waals surface area contributed by atoms with E-state index in [1.165, 1.54) is 4.90 Å². The van der Waals surface area contributed by atoms with Gasteiger partial charge in [-0.25, -0.2) is 0 Å². The average Bonchev–Trinajstić information content (AvgIpc) is 3.10. The summed E-state index contributed by atoms with van der Waals surface area (Å²) < 4.78 is 10.2. The van der Waals surface area contributed by atoms with Crippen LogP contribution >= 0.6 is 0 Å². The molecule has 0 aliphatic rings. The summed E-state index contributed by atoms with van der Waals surface area (Å²) in [5.74, 6) is 1.39. The van der Waals surface area contributed by atoms with E-state index in [1.807, 2.05) is 13.8 Å². The second-order valence-electron chi connectivity index (χ2n) is 6.19. The van der Waals surface area contributed by atoms with Crippen LogP contribution in [0.5, 0.6) is 5.75 Å². The van der Waals surface area contributed by atoms with E-state index in [0.717, 1.165) is 0 Å². The minimum Gasteiger partial charge on any atom is -0.497 e. The van der Waals surface area contributed by atoms with Gasteiger partial charge in [-0.2, -0.15) is 4.98 Å². The van der Waals surface area contributed by atoms with Crippen LogP contribution in [-0.4, -0.2) is 47.6 Å². The third-order valence-corrected chi connectivity index (χ3v) is 3.74. The molecular weight excluding hydrogens is 336 g/mol. The van der Waals surface area contributed by atoms with Gasteiger partial charge in [0, 0.05) is 31.5 Å². The predicted octanol–water partition coefficient (Wildman–Crippen LogP) is 1.98. The van der Waals surface area contributed by atoms with Crippen molar-refractivity contribution in [1.29, 1.82) is 0 Å². The summed E-state index contributed by atoms with van der Waals surface area (Å²) in [7, 11) is 3.21. The minimum absolute atomic E-state index is 0.119. The first-order valence-corrected chi connectivity index (χ1v) is 8.39. The fraction of sp³-hybridized carbons (Fsp3) is 0.444.